The average Bonchev–Trinajstić information content (AvgIpc) is 2.69. The number of aromatic nitrogens is 2. The molecule has 0 spiro atoms. The molecule has 0 saturated carbocycles. The molecule has 1 saturated heterocycles. The summed E-state index contributed by atoms with van der Waals surface area (Å²) in [6.45, 7) is 2.25. The van der Waals surface area contributed by atoms with Gasteiger partial charge in [-0.2, -0.15) is 0 Å². The van der Waals surface area contributed by atoms with Crippen molar-refractivity contribution in [3.63, 3.8) is 0 Å². The first-order chi connectivity index (χ1) is 8.66. The Bertz CT molecular complexity index is 623. The number of para-hydroxylation sites is 1. The van der Waals surface area contributed by atoms with Gasteiger partial charge < -0.3 is 14.5 Å². The van der Waals surface area contributed by atoms with Gasteiger partial charge in [-0.15, -0.1) is 0 Å². The van der Waals surface area contributed by atoms with Gasteiger partial charge in [0, 0.05) is 6.04 Å². The Morgan fingerprint density at radius 3 is 2.78 bits per heavy atom. The second kappa shape index (κ2) is 4.68. The van der Waals surface area contributed by atoms with E-state index in [1.54, 1.807) is 0 Å². The second-order valence-electron chi connectivity index (χ2n) is 4.97. The summed E-state index contributed by atoms with van der Waals surface area (Å²) in [5, 5.41) is 0.741. The number of H-pyrrole nitrogens is 1. The lowest BCUT2D eigenvalue weighted by atomic mass is 10.1. The maximum Gasteiger partial charge on any atom is 0.178 e. The number of likely N-dealkylation sites (tertiary alicyclic amines) is 1. The number of nitrogens with one attached hydrogen (secondary N) is 1. The molecule has 1 aromatic heterocycles. The van der Waals surface area contributed by atoms with E-state index < -0.39 is 0 Å². The molecule has 3 nitrogen and oxygen atoms in total. The zero-order chi connectivity index (χ0) is 12.7. The molecule has 96 valence electrons. The van der Waals surface area contributed by atoms with Crippen molar-refractivity contribution < 1.29 is 0 Å². The highest BCUT2D eigenvalue weighted by molar-refractivity contribution is 7.71. The molecule has 0 radical (unpaired) electrons. The fourth-order valence-corrected chi connectivity index (χ4v) is 3.30. The first-order valence-electron chi connectivity index (χ1n) is 6.24. The number of hydrogen-bond donors (Lipinski definition) is 1. The molecule has 1 aromatic carbocycles. The van der Waals surface area contributed by atoms with Gasteiger partial charge in [-0.3, -0.25) is 0 Å². The van der Waals surface area contributed by atoms with Crippen LogP contribution in [-0.4, -0.2) is 34.6 Å². The summed E-state index contributed by atoms with van der Waals surface area (Å²) in [6.07, 6.45) is 2.29. The highest BCUT2D eigenvalue weighted by Gasteiger charge is 2.21. The Morgan fingerprint density at radius 1 is 1.33 bits per heavy atom. The van der Waals surface area contributed by atoms with Crippen LogP contribution in [0.15, 0.2) is 18.2 Å². The molecule has 5 heteroatoms. The number of imidazole rings is 1. The molecular formula is C13H16ClN3S. The van der Waals surface area contributed by atoms with Crippen molar-refractivity contribution in [2.45, 2.75) is 18.9 Å². The molecule has 0 bridgehead atoms. The largest absolute Gasteiger partial charge is 0.329 e. The molecule has 0 unspecified atom stereocenters. The van der Waals surface area contributed by atoms with Crippen LogP contribution < -0.4 is 0 Å². The van der Waals surface area contributed by atoms with E-state index in [1.165, 1.54) is 0 Å². The van der Waals surface area contributed by atoms with Gasteiger partial charge in [0.2, 0.25) is 0 Å². The van der Waals surface area contributed by atoms with Crippen LogP contribution in [0.2, 0.25) is 5.02 Å². The fourth-order valence-electron chi connectivity index (χ4n) is 2.73. The Labute approximate surface area is 116 Å². The van der Waals surface area contributed by atoms with Gasteiger partial charge in [0.15, 0.2) is 4.77 Å². The molecule has 18 heavy (non-hydrogen) atoms. The molecular weight excluding hydrogens is 266 g/mol. The van der Waals surface area contributed by atoms with Crippen molar-refractivity contribution in [3.8, 4) is 0 Å². The molecule has 0 aliphatic carbocycles. The van der Waals surface area contributed by atoms with Crippen molar-refractivity contribution in [2.75, 3.05) is 20.1 Å². The minimum absolute atomic E-state index is 0.487. The Morgan fingerprint density at radius 2 is 2.06 bits per heavy atom. The first-order valence-corrected chi connectivity index (χ1v) is 7.02. The Kier molecular flexibility index (Phi) is 3.18. The summed E-state index contributed by atoms with van der Waals surface area (Å²) in [7, 11) is 2.17. The van der Waals surface area contributed by atoms with Crippen LogP contribution >= 0.6 is 23.8 Å². The number of rotatable bonds is 1. The molecule has 2 aromatic rings. The van der Waals surface area contributed by atoms with E-state index in [9.17, 15) is 0 Å². The van der Waals surface area contributed by atoms with E-state index in [4.69, 9.17) is 23.8 Å². The van der Waals surface area contributed by atoms with Gasteiger partial charge in [0.1, 0.15) is 0 Å². The third-order valence-corrected chi connectivity index (χ3v) is 4.37. The van der Waals surface area contributed by atoms with Crippen LogP contribution in [0.1, 0.15) is 18.9 Å². The van der Waals surface area contributed by atoms with Crippen molar-refractivity contribution in [2.24, 2.45) is 0 Å². The van der Waals surface area contributed by atoms with Crippen molar-refractivity contribution in [3.05, 3.63) is 28.0 Å². The number of fused-ring (bicyclic) bond motifs is 1. The number of nitrogens with zero attached hydrogens (tertiary/aromatic N) is 2. The van der Waals surface area contributed by atoms with Gasteiger partial charge >= 0.3 is 0 Å². The standard InChI is InChI=1S/C13H16ClN3S/c1-16-7-5-9(6-8-16)17-11-4-2-3-10(14)12(11)15-13(17)18/h2-4,9H,5-8H2,1H3,(H,15,18). The smallest absolute Gasteiger partial charge is 0.178 e. The lowest BCUT2D eigenvalue weighted by Crippen LogP contribution is -2.31. The van der Waals surface area contributed by atoms with Gasteiger partial charge in [0.05, 0.1) is 16.1 Å². The number of aromatic amines is 1. The minimum Gasteiger partial charge on any atom is -0.329 e. The number of benzene rings is 1. The normalized spacial score (nSPS) is 18.6. The second-order valence-corrected chi connectivity index (χ2v) is 5.76. The van der Waals surface area contributed by atoms with E-state index in [0.29, 0.717) is 6.04 Å². The summed E-state index contributed by atoms with van der Waals surface area (Å²) < 4.78 is 3.02. The summed E-state index contributed by atoms with van der Waals surface area (Å²) in [5.41, 5.74) is 2.09. The number of hydrogen-bond acceptors (Lipinski definition) is 2. The predicted octanol–water partition coefficient (Wildman–Crippen LogP) is 3.62. The van der Waals surface area contributed by atoms with Gasteiger partial charge in [-0.1, -0.05) is 17.7 Å². The van der Waals surface area contributed by atoms with E-state index in [0.717, 1.165) is 46.8 Å². The van der Waals surface area contributed by atoms with E-state index in [2.05, 4.69) is 27.6 Å². The molecule has 0 atom stereocenters. The summed E-state index contributed by atoms with van der Waals surface area (Å²) in [5.74, 6) is 0. The first kappa shape index (κ1) is 12.2. The summed E-state index contributed by atoms with van der Waals surface area (Å²) in [6, 6.07) is 6.46. The van der Waals surface area contributed by atoms with Crippen LogP contribution in [0, 0.1) is 4.77 Å². The Balaban J connectivity index is 2.09. The van der Waals surface area contributed by atoms with E-state index >= 15 is 0 Å². The van der Waals surface area contributed by atoms with Gasteiger partial charge in [-0.05, 0) is 57.3 Å². The summed E-state index contributed by atoms with van der Waals surface area (Å²) >= 11 is 11.7. The number of halogens is 1. The van der Waals surface area contributed by atoms with Crippen molar-refractivity contribution in [1.82, 2.24) is 14.5 Å². The molecule has 1 N–H and O–H groups in total. The topological polar surface area (TPSA) is 24.0 Å². The maximum absolute atomic E-state index is 6.21. The molecule has 2 heterocycles. The zero-order valence-electron chi connectivity index (χ0n) is 10.3. The van der Waals surface area contributed by atoms with Crippen LogP contribution in [0.5, 0.6) is 0 Å². The van der Waals surface area contributed by atoms with E-state index in [-0.39, 0.29) is 0 Å². The fraction of sp³-hybridized carbons (Fsp3) is 0.462. The van der Waals surface area contributed by atoms with Gasteiger partial charge in [-0.25, -0.2) is 0 Å². The zero-order valence-corrected chi connectivity index (χ0v) is 11.9. The predicted molar refractivity (Wildman–Crippen MR) is 77.9 cm³/mol. The highest BCUT2D eigenvalue weighted by atomic mass is 35.5. The third kappa shape index (κ3) is 1.98. The molecule has 1 aliphatic heterocycles. The van der Waals surface area contributed by atoms with Crippen LogP contribution in [0.25, 0.3) is 11.0 Å². The SMILES string of the molecule is CN1CCC(n2c(=S)[nH]c3c(Cl)cccc32)CC1. The van der Waals surface area contributed by atoms with Crippen molar-refractivity contribution in [1.29, 1.82) is 0 Å². The lowest BCUT2D eigenvalue weighted by Gasteiger charge is -2.30. The van der Waals surface area contributed by atoms with Crippen LogP contribution in [0.3, 0.4) is 0 Å². The van der Waals surface area contributed by atoms with E-state index in [1.807, 2.05) is 12.1 Å². The molecule has 0 amide bonds. The average molecular weight is 282 g/mol. The Hall–Kier alpha value is -0.840. The molecule has 3 rings (SSSR count). The van der Waals surface area contributed by atoms with Crippen LogP contribution in [0.4, 0.5) is 0 Å². The third-order valence-electron chi connectivity index (χ3n) is 3.76. The number of piperidine rings is 1. The highest BCUT2D eigenvalue weighted by Crippen LogP contribution is 2.29. The monoisotopic (exact) mass is 281 g/mol. The molecule has 1 fully saturated rings. The minimum atomic E-state index is 0.487. The quantitative estimate of drug-likeness (QED) is 0.807. The summed E-state index contributed by atoms with van der Waals surface area (Å²) in [4.78, 5) is 5.60. The molecule has 1 aliphatic rings. The maximum atomic E-state index is 6.21. The van der Waals surface area contributed by atoms with Crippen molar-refractivity contribution >= 4 is 34.9 Å². The van der Waals surface area contributed by atoms with Gasteiger partial charge in [0.25, 0.3) is 0 Å². The lowest BCUT2D eigenvalue weighted by molar-refractivity contribution is 0.223. The van der Waals surface area contributed by atoms with Crippen LogP contribution in [-0.2, 0) is 0 Å².